The molecule has 0 aromatic carbocycles. The minimum atomic E-state index is -0.459. The van der Waals surface area contributed by atoms with Gasteiger partial charge in [0.25, 0.3) is 0 Å². The van der Waals surface area contributed by atoms with Gasteiger partial charge in [-0.05, 0) is 39.2 Å². The predicted octanol–water partition coefficient (Wildman–Crippen LogP) is 3.18. The normalized spacial score (nSPS) is 21.2. The van der Waals surface area contributed by atoms with E-state index in [1.165, 1.54) is 12.8 Å². The number of esters is 2. The van der Waals surface area contributed by atoms with Crippen molar-refractivity contribution in [1.29, 1.82) is 0 Å². The van der Waals surface area contributed by atoms with Crippen LogP contribution in [0, 0.1) is 6.92 Å². The third-order valence-corrected chi connectivity index (χ3v) is 5.89. The van der Waals surface area contributed by atoms with E-state index in [-0.39, 0.29) is 13.2 Å². The summed E-state index contributed by atoms with van der Waals surface area (Å²) in [6, 6.07) is 0.803. The number of thioether (sulfide) groups is 1. The van der Waals surface area contributed by atoms with Crippen LogP contribution in [0.2, 0.25) is 0 Å². The molecule has 1 fully saturated rings. The number of hydrogen-bond acceptors (Lipinski definition) is 7. The van der Waals surface area contributed by atoms with E-state index in [0.717, 1.165) is 18.0 Å². The summed E-state index contributed by atoms with van der Waals surface area (Å²) in [5, 5.41) is 4.40. The number of aliphatic imine (C=N–C) groups is 1. The molecule has 1 aromatic rings. The molecule has 0 bridgehead atoms. The Hall–Kier alpha value is -1.96. The van der Waals surface area contributed by atoms with Crippen molar-refractivity contribution in [2.45, 2.75) is 64.3 Å². The molecule has 1 aliphatic heterocycles. The number of amidine groups is 1. The summed E-state index contributed by atoms with van der Waals surface area (Å²) in [5.74, 6) is -0.383. The Morgan fingerprint density at radius 3 is 2.56 bits per heavy atom. The number of carbonyl (C=O) groups is 2. The van der Waals surface area contributed by atoms with Gasteiger partial charge in [0.2, 0.25) is 0 Å². The van der Waals surface area contributed by atoms with Crippen LogP contribution in [0.4, 0.5) is 0 Å². The Morgan fingerprint density at radius 1 is 1.15 bits per heavy atom. The van der Waals surface area contributed by atoms with Crippen molar-refractivity contribution in [3.63, 3.8) is 0 Å². The Bertz CT molecular complexity index is 744. The van der Waals surface area contributed by atoms with Gasteiger partial charge >= 0.3 is 11.9 Å². The van der Waals surface area contributed by atoms with E-state index in [4.69, 9.17) is 14.5 Å². The third kappa shape index (κ3) is 4.31. The minimum absolute atomic E-state index is 0.277. The van der Waals surface area contributed by atoms with Gasteiger partial charge in [-0.1, -0.05) is 24.6 Å². The Morgan fingerprint density at radius 2 is 1.85 bits per heavy atom. The van der Waals surface area contributed by atoms with E-state index >= 15 is 0 Å². The van der Waals surface area contributed by atoms with E-state index in [1.54, 1.807) is 32.5 Å². The zero-order valence-electron chi connectivity index (χ0n) is 16.1. The van der Waals surface area contributed by atoms with Crippen LogP contribution in [-0.2, 0) is 15.2 Å². The van der Waals surface area contributed by atoms with Gasteiger partial charge in [0, 0.05) is 11.4 Å². The number of nitrogens with zero attached hydrogens (tertiary/aromatic N) is 1. The lowest BCUT2D eigenvalue weighted by molar-refractivity contribution is 0.0518. The zero-order chi connectivity index (χ0) is 19.4. The lowest BCUT2D eigenvalue weighted by Gasteiger charge is -2.23. The minimum Gasteiger partial charge on any atom is -0.462 e. The highest BCUT2D eigenvalue weighted by molar-refractivity contribution is 8.13. The van der Waals surface area contributed by atoms with Crippen molar-refractivity contribution < 1.29 is 19.1 Å². The maximum absolute atomic E-state index is 12.4. The Kier molecular flexibility index (Phi) is 6.46. The number of aromatic amines is 1. The number of ether oxygens (including phenoxy) is 2. The van der Waals surface area contributed by atoms with Crippen LogP contribution in [-0.4, -0.2) is 47.4 Å². The SMILES string of the molecule is CCOC(=O)c1[nH]c(CSC2=N[C@@H]3CCCC[C@H]3N2)c(C(=O)OCC)c1C. The molecule has 2 N–H and O–H groups in total. The molecule has 2 heterocycles. The van der Waals surface area contributed by atoms with Gasteiger partial charge in [-0.3, -0.25) is 4.99 Å². The first-order valence-electron chi connectivity index (χ1n) is 9.57. The summed E-state index contributed by atoms with van der Waals surface area (Å²) in [4.78, 5) is 32.5. The van der Waals surface area contributed by atoms with Gasteiger partial charge in [-0.15, -0.1) is 0 Å². The van der Waals surface area contributed by atoms with Crippen molar-refractivity contribution in [2.75, 3.05) is 13.2 Å². The maximum atomic E-state index is 12.4. The van der Waals surface area contributed by atoms with Gasteiger partial charge < -0.3 is 19.8 Å². The zero-order valence-corrected chi connectivity index (χ0v) is 16.9. The average molecular weight is 394 g/mol. The fourth-order valence-electron chi connectivity index (χ4n) is 3.65. The van der Waals surface area contributed by atoms with Crippen molar-refractivity contribution in [3.05, 3.63) is 22.5 Å². The lowest BCUT2D eigenvalue weighted by Crippen LogP contribution is -2.36. The van der Waals surface area contributed by atoms with E-state index < -0.39 is 11.9 Å². The molecule has 27 heavy (non-hydrogen) atoms. The summed E-state index contributed by atoms with van der Waals surface area (Å²) in [6.45, 7) is 5.81. The van der Waals surface area contributed by atoms with Crippen LogP contribution in [0.15, 0.2) is 4.99 Å². The number of rotatable bonds is 6. The standard InChI is InChI=1S/C19H27N3O4S/c1-4-25-17(23)15-11(3)16(18(24)26-5-2)20-14(15)10-27-19-21-12-8-6-7-9-13(12)22-19/h12-13,20H,4-10H2,1-3H3,(H,21,22)/t12-,13-/m1/s1. The number of hydrogen-bond donors (Lipinski definition) is 2. The van der Waals surface area contributed by atoms with E-state index in [2.05, 4.69) is 10.3 Å². The van der Waals surface area contributed by atoms with Crippen LogP contribution in [0.5, 0.6) is 0 Å². The van der Waals surface area contributed by atoms with Crippen molar-refractivity contribution in [1.82, 2.24) is 10.3 Å². The first kappa shape index (κ1) is 19.8. The van der Waals surface area contributed by atoms with Gasteiger partial charge in [0.15, 0.2) is 5.17 Å². The van der Waals surface area contributed by atoms with Crippen LogP contribution in [0.3, 0.4) is 0 Å². The van der Waals surface area contributed by atoms with Gasteiger partial charge in [-0.2, -0.15) is 0 Å². The van der Waals surface area contributed by atoms with Crippen LogP contribution >= 0.6 is 11.8 Å². The molecule has 2 atom stereocenters. The second kappa shape index (κ2) is 8.82. The lowest BCUT2D eigenvalue weighted by atomic mass is 9.92. The largest absolute Gasteiger partial charge is 0.462 e. The van der Waals surface area contributed by atoms with Crippen molar-refractivity contribution in [3.8, 4) is 0 Å². The summed E-state index contributed by atoms with van der Waals surface area (Å²) >= 11 is 1.55. The third-order valence-electron chi connectivity index (χ3n) is 4.96. The quantitative estimate of drug-likeness (QED) is 0.721. The molecular weight excluding hydrogens is 366 g/mol. The highest BCUT2D eigenvalue weighted by Gasteiger charge is 2.31. The van der Waals surface area contributed by atoms with Gasteiger partial charge in [0.05, 0.1) is 30.9 Å². The molecule has 2 aliphatic rings. The highest BCUT2D eigenvalue weighted by atomic mass is 32.2. The monoisotopic (exact) mass is 393 g/mol. The summed E-state index contributed by atoms with van der Waals surface area (Å²) < 4.78 is 10.3. The molecule has 148 valence electrons. The van der Waals surface area contributed by atoms with Crippen LogP contribution in [0.25, 0.3) is 0 Å². The number of carbonyl (C=O) groups excluding carboxylic acids is 2. The summed E-state index contributed by atoms with van der Waals surface area (Å²) in [7, 11) is 0. The number of fused-ring (bicyclic) bond motifs is 1. The highest BCUT2D eigenvalue weighted by Crippen LogP contribution is 2.29. The molecule has 1 aliphatic carbocycles. The molecule has 8 heteroatoms. The van der Waals surface area contributed by atoms with Crippen molar-refractivity contribution in [2.24, 2.45) is 4.99 Å². The Labute approximate surface area is 163 Å². The fraction of sp³-hybridized carbons (Fsp3) is 0.632. The van der Waals surface area contributed by atoms with Crippen LogP contribution < -0.4 is 5.32 Å². The predicted molar refractivity (Wildman–Crippen MR) is 105 cm³/mol. The smallest absolute Gasteiger partial charge is 0.355 e. The molecule has 3 rings (SSSR count). The average Bonchev–Trinajstić information content (AvgIpc) is 3.20. The Balaban J connectivity index is 1.77. The number of nitrogens with one attached hydrogen (secondary N) is 2. The fourth-order valence-corrected chi connectivity index (χ4v) is 4.60. The van der Waals surface area contributed by atoms with E-state index in [9.17, 15) is 9.59 Å². The van der Waals surface area contributed by atoms with Crippen LogP contribution in [0.1, 0.15) is 71.6 Å². The molecule has 7 nitrogen and oxygen atoms in total. The summed E-state index contributed by atoms with van der Waals surface area (Å²) in [5.41, 5.74) is 1.96. The van der Waals surface area contributed by atoms with Crippen molar-refractivity contribution >= 4 is 28.9 Å². The molecule has 0 amide bonds. The molecule has 1 saturated carbocycles. The first-order valence-corrected chi connectivity index (χ1v) is 10.6. The van der Waals surface area contributed by atoms with Gasteiger partial charge in [-0.25, -0.2) is 9.59 Å². The maximum Gasteiger partial charge on any atom is 0.355 e. The van der Waals surface area contributed by atoms with E-state index in [1.807, 2.05) is 0 Å². The molecule has 1 aromatic heterocycles. The molecule has 0 spiro atoms. The first-order chi connectivity index (χ1) is 13.0. The number of H-pyrrole nitrogens is 1. The second-order valence-electron chi connectivity index (χ2n) is 6.75. The second-order valence-corrected chi connectivity index (χ2v) is 7.71. The molecular formula is C19H27N3O4S. The van der Waals surface area contributed by atoms with E-state index in [0.29, 0.717) is 40.4 Å². The number of aromatic nitrogens is 1. The molecule has 0 saturated heterocycles. The molecule has 0 radical (unpaired) electrons. The topological polar surface area (TPSA) is 92.8 Å². The molecule has 0 unspecified atom stereocenters. The summed E-state index contributed by atoms with van der Waals surface area (Å²) in [6.07, 6.45) is 4.76. The van der Waals surface area contributed by atoms with Gasteiger partial charge in [0.1, 0.15) is 5.69 Å².